The van der Waals surface area contributed by atoms with Crippen molar-refractivity contribution in [3.8, 4) is 0 Å². The van der Waals surface area contributed by atoms with Gasteiger partial charge in [-0.25, -0.2) is 9.18 Å². The number of fused-ring (bicyclic) bond motifs is 2. The van der Waals surface area contributed by atoms with Crippen molar-refractivity contribution < 1.29 is 23.8 Å². The smallest absolute Gasteiger partial charge is 0.333 e. The topological polar surface area (TPSA) is 75.6 Å². The van der Waals surface area contributed by atoms with Crippen LogP contribution in [0.3, 0.4) is 0 Å². The number of rotatable bonds is 4. The first kappa shape index (κ1) is 15.0. The highest BCUT2D eigenvalue weighted by molar-refractivity contribution is 5.89. The number of amides is 1. The zero-order chi connectivity index (χ0) is 15.9. The van der Waals surface area contributed by atoms with E-state index in [0.717, 1.165) is 12.8 Å². The fourth-order valence-corrected chi connectivity index (χ4v) is 3.29. The molecule has 1 aromatic rings. The molecule has 4 unspecified atom stereocenters. The van der Waals surface area contributed by atoms with Crippen molar-refractivity contribution in [3.05, 3.63) is 35.6 Å². The molecule has 1 aromatic carbocycles. The van der Waals surface area contributed by atoms with Crippen molar-refractivity contribution in [2.75, 3.05) is 0 Å². The minimum atomic E-state index is -1.59. The van der Waals surface area contributed by atoms with Gasteiger partial charge in [0.25, 0.3) is 0 Å². The average Bonchev–Trinajstić information content (AvgIpc) is 3.10. The van der Waals surface area contributed by atoms with E-state index in [9.17, 15) is 19.1 Å². The molecule has 0 aromatic heterocycles. The number of ether oxygens (including phenoxy) is 1. The number of aliphatic carboxylic acids is 1. The van der Waals surface area contributed by atoms with Crippen molar-refractivity contribution in [3.63, 3.8) is 0 Å². The third-order valence-corrected chi connectivity index (χ3v) is 4.67. The molecule has 1 amide bonds. The lowest BCUT2D eigenvalue weighted by Crippen LogP contribution is -2.52. The summed E-state index contributed by atoms with van der Waals surface area (Å²) in [4.78, 5) is 24.1. The van der Waals surface area contributed by atoms with Crippen LogP contribution in [0.15, 0.2) is 24.3 Å². The highest BCUT2D eigenvalue weighted by Gasteiger charge is 2.47. The van der Waals surface area contributed by atoms with E-state index in [-0.39, 0.29) is 24.0 Å². The van der Waals surface area contributed by atoms with Crippen molar-refractivity contribution in [2.24, 2.45) is 5.92 Å². The van der Waals surface area contributed by atoms with Crippen LogP contribution in [0.1, 0.15) is 31.7 Å². The number of halogens is 1. The summed E-state index contributed by atoms with van der Waals surface area (Å²) in [7, 11) is 0. The Hall–Kier alpha value is -1.95. The second-order valence-electron chi connectivity index (χ2n) is 6.14. The lowest BCUT2D eigenvalue weighted by Gasteiger charge is -2.29. The maximum Gasteiger partial charge on any atom is 0.333 e. The van der Waals surface area contributed by atoms with E-state index in [0.29, 0.717) is 12.0 Å². The summed E-state index contributed by atoms with van der Waals surface area (Å²) < 4.78 is 18.7. The second kappa shape index (κ2) is 5.35. The standard InChI is InChI=1S/C16H18FNO4/c1-16(15(20)21,9-2-4-10(17)5-3-9)18-14(19)12-8-11-6-7-13(12)22-11/h2-5,11-13H,6-8H2,1H3,(H,18,19)(H,20,21). The van der Waals surface area contributed by atoms with E-state index in [1.807, 2.05) is 0 Å². The predicted molar refractivity (Wildman–Crippen MR) is 75.5 cm³/mol. The summed E-state index contributed by atoms with van der Waals surface area (Å²) in [5.74, 6) is -2.26. The van der Waals surface area contributed by atoms with Gasteiger partial charge in [0.05, 0.1) is 18.1 Å². The van der Waals surface area contributed by atoms with E-state index >= 15 is 0 Å². The Morgan fingerprint density at radius 3 is 2.50 bits per heavy atom. The Morgan fingerprint density at radius 2 is 2.00 bits per heavy atom. The highest BCUT2D eigenvalue weighted by atomic mass is 19.1. The minimum absolute atomic E-state index is 0.114. The molecule has 2 fully saturated rings. The van der Waals surface area contributed by atoms with Crippen molar-refractivity contribution in [1.29, 1.82) is 0 Å². The molecular weight excluding hydrogens is 289 g/mol. The summed E-state index contributed by atoms with van der Waals surface area (Å²) in [6.07, 6.45) is 2.43. The van der Waals surface area contributed by atoms with Crippen molar-refractivity contribution >= 4 is 11.9 Å². The number of hydrogen-bond acceptors (Lipinski definition) is 3. The molecule has 4 atom stereocenters. The first-order valence-corrected chi connectivity index (χ1v) is 7.37. The summed E-state index contributed by atoms with van der Waals surface area (Å²) >= 11 is 0. The Balaban J connectivity index is 1.81. The van der Waals surface area contributed by atoms with Crippen LogP contribution in [0.5, 0.6) is 0 Å². The van der Waals surface area contributed by atoms with Gasteiger partial charge < -0.3 is 15.2 Å². The van der Waals surface area contributed by atoms with Gasteiger partial charge in [-0.3, -0.25) is 4.79 Å². The van der Waals surface area contributed by atoms with Crippen LogP contribution in [-0.2, 0) is 19.9 Å². The molecule has 0 saturated carbocycles. The average molecular weight is 307 g/mol. The lowest BCUT2D eigenvalue weighted by molar-refractivity contribution is -0.148. The summed E-state index contributed by atoms with van der Waals surface area (Å²) in [5.41, 5.74) is -1.26. The lowest BCUT2D eigenvalue weighted by atomic mass is 9.86. The minimum Gasteiger partial charge on any atom is -0.479 e. The van der Waals surface area contributed by atoms with E-state index in [1.165, 1.54) is 31.2 Å². The van der Waals surface area contributed by atoms with Gasteiger partial charge in [-0.2, -0.15) is 0 Å². The summed E-state index contributed by atoms with van der Waals surface area (Å²) in [5, 5.41) is 12.2. The normalized spacial score (nSPS) is 29.1. The van der Waals surface area contributed by atoms with Gasteiger partial charge in [0.15, 0.2) is 5.54 Å². The predicted octanol–water partition coefficient (Wildman–Crippen LogP) is 1.81. The molecule has 2 aliphatic rings. The van der Waals surface area contributed by atoms with Crippen LogP contribution in [-0.4, -0.2) is 29.2 Å². The zero-order valence-electron chi connectivity index (χ0n) is 12.2. The molecular formula is C16H18FNO4. The van der Waals surface area contributed by atoms with Crippen molar-refractivity contribution in [2.45, 2.75) is 43.9 Å². The molecule has 2 aliphatic heterocycles. The van der Waals surface area contributed by atoms with Gasteiger partial charge in [-0.1, -0.05) is 12.1 Å². The Labute approximate surface area is 127 Å². The number of carbonyl (C=O) groups excluding carboxylic acids is 1. The molecule has 118 valence electrons. The van der Waals surface area contributed by atoms with Crippen LogP contribution >= 0.6 is 0 Å². The second-order valence-corrected chi connectivity index (χ2v) is 6.14. The van der Waals surface area contributed by atoms with Gasteiger partial charge in [-0.05, 0) is 43.9 Å². The fourth-order valence-electron chi connectivity index (χ4n) is 3.29. The van der Waals surface area contributed by atoms with Crippen LogP contribution in [0, 0.1) is 11.7 Å². The maximum atomic E-state index is 13.0. The SMILES string of the molecule is CC(NC(=O)C1CC2CCC1O2)(C(=O)O)c1ccc(F)cc1. The maximum absolute atomic E-state index is 13.0. The van der Waals surface area contributed by atoms with Gasteiger partial charge in [0.1, 0.15) is 5.82 Å². The molecule has 2 saturated heterocycles. The monoisotopic (exact) mass is 307 g/mol. The van der Waals surface area contributed by atoms with E-state index in [4.69, 9.17) is 4.74 Å². The van der Waals surface area contributed by atoms with Gasteiger partial charge in [0, 0.05) is 0 Å². The fraction of sp³-hybridized carbons (Fsp3) is 0.500. The number of nitrogens with one attached hydrogen (secondary N) is 1. The van der Waals surface area contributed by atoms with Crippen LogP contribution in [0.4, 0.5) is 4.39 Å². The quantitative estimate of drug-likeness (QED) is 0.889. The summed E-state index contributed by atoms with van der Waals surface area (Å²) in [6, 6.07) is 5.12. The number of benzene rings is 1. The Bertz CT molecular complexity index is 603. The third-order valence-electron chi connectivity index (χ3n) is 4.67. The molecule has 2 heterocycles. The number of hydrogen-bond donors (Lipinski definition) is 2. The molecule has 5 nitrogen and oxygen atoms in total. The molecule has 3 rings (SSSR count). The van der Waals surface area contributed by atoms with Gasteiger partial charge in [-0.15, -0.1) is 0 Å². The molecule has 2 bridgehead atoms. The first-order valence-electron chi connectivity index (χ1n) is 7.37. The summed E-state index contributed by atoms with van der Waals surface area (Å²) in [6.45, 7) is 1.41. The van der Waals surface area contributed by atoms with Crippen LogP contribution < -0.4 is 5.32 Å². The molecule has 6 heteroatoms. The van der Waals surface area contributed by atoms with Gasteiger partial charge in [0.2, 0.25) is 5.91 Å². The molecule has 22 heavy (non-hydrogen) atoms. The number of carboxylic acid groups (broad SMARTS) is 1. The Morgan fingerprint density at radius 1 is 1.32 bits per heavy atom. The van der Waals surface area contributed by atoms with Gasteiger partial charge >= 0.3 is 5.97 Å². The molecule has 0 spiro atoms. The van der Waals surface area contributed by atoms with Crippen molar-refractivity contribution in [1.82, 2.24) is 5.32 Å². The molecule has 0 aliphatic carbocycles. The molecule has 2 N–H and O–H groups in total. The number of carboxylic acids is 1. The van der Waals surface area contributed by atoms with E-state index in [1.54, 1.807) is 0 Å². The van der Waals surface area contributed by atoms with Crippen LogP contribution in [0.2, 0.25) is 0 Å². The molecule has 0 radical (unpaired) electrons. The largest absolute Gasteiger partial charge is 0.479 e. The highest BCUT2D eigenvalue weighted by Crippen LogP contribution is 2.39. The van der Waals surface area contributed by atoms with Crippen LogP contribution in [0.25, 0.3) is 0 Å². The van der Waals surface area contributed by atoms with E-state index in [2.05, 4.69) is 5.32 Å². The van der Waals surface area contributed by atoms with E-state index < -0.39 is 17.3 Å². The Kier molecular flexibility index (Phi) is 3.64. The third kappa shape index (κ3) is 2.47. The zero-order valence-corrected chi connectivity index (χ0v) is 12.2. The number of carbonyl (C=O) groups is 2. The first-order chi connectivity index (χ1) is 10.4.